The van der Waals surface area contributed by atoms with Crippen molar-refractivity contribution in [3.8, 4) is 11.5 Å². The van der Waals surface area contributed by atoms with Crippen LogP contribution in [-0.2, 0) is 4.79 Å². The number of benzene rings is 3. The average molecular weight is 321 g/mol. The molecular weight excluding hydrogens is 302 g/mol. The highest BCUT2D eigenvalue weighted by molar-refractivity contribution is 5.96. The Morgan fingerprint density at radius 3 is 2.42 bits per heavy atom. The van der Waals surface area contributed by atoms with Crippen LogP contribution in [0.4, 0.5) is 5.69 Å². The number of methoxy groups -OCH3 is 1. The van der Waals surface area contributed by atoms with Crippen LogP contribution in [0.2, 0.25) is 0 Å². The Morgan fingerprint density at radius 1 is 0.917 bits per heavy atom. The number of amides is 1. The predicted molar refractivity (Wildman–Crippen MR) is 95.7 cm³/mol. The second kappa shape index (κ2) is 7.04. The molecular formula is C20H19NO3. The summed E-state index contributed by atoms with van der Waals surface area (Å²) >= 11 is 0. The molecule has 0 aromatic heterocycles. The molecule has 0 aliphatic carbocycles. The summed E-state index contributed by atoms with van der Waals surface area (Å²) in [4.78, 5) is 12.4. The Kier molecular flexibility index (Phi) is 4.66. The minimum Gasteiger partial charge on any atom is -0.495 e. The van der Waals surface area contributed by atoms with Crippen LogP contribution in [0.15, 0.2) is 66.7 Å². The number of para-hydroxylation sites is 2. The molecule has 0 aliphatic rings. The van der Waals surface area contributed by atoms with Crippen LogP contribution >= 0.6 is 0 Å². The van der Waals surface area contributed by atoms with Gasteiger partial charge in [0, 0.05) is 5.39 Å². The van der Waals surface area contributed by atoms with E-state index >= 15 is 0 Å². The molecule has 0 heterocycles. The number of hydrogen-bond donors (Lipinski definition) is 1. The first-order chi connectivity index (χ1) is 11.7. The van der Waals surface area contributed by atoms with Crippen molar-refractivity contribution in [2.75, 3.05) is 12.4 Å². The molecule has 0 saturated carbocycles. The summed E-state index contributed by atoms with van der Waals surface area (Å²) in [7, 11) is 1.57. The van der Waals surface area contributed by atoms with Gasteiger partial charge < -0.3 is 14.8 Å². The normalized spacial score (nSPS) is 11.8. The Hall–Kier alpha value is -3.01. The van der Waals surface area contributed by atoms with E-state index in [1.165, 1.54) is 0 Å². The first-order valence-electron chi connectivity index (χ1n) is 7.77. The number of hydrogen-bond acceptors (Lipinski definition) is 3. The maximum Gasteiger partial charge on any atom is 0.265 e. The third-order valence-corrected chi connectivity index (χ3v) is 3.79. The van der Waals surface area contributed by atoms with Crippen molar-refractivity contribution >= 4 is 22.4 Å². The fraction of sp³-hybridized carbons (Fsp3) is 0.150. The first kappa shape index (κ1) is 15.9. The van der Waals surface area contributed by atoms with Crippen molar-refractivity contribution in [3.63, 3.8) is 0 Å². The standard InChI is InChI=1S/C20H19NO3/c1-14(20(22)21-17-11-5-6-12-19(17)23-2)24-18-13-7-9-15-8-3-4-10-16(15)18/h3-14H,1-2H3,(H,21,22)/t14-/m0/s1. The molecule has 1 amide bonds. The summed E-state index contributed by atoms with van der Waals surface area (Å²) in [6, 6.07) is 21.0. The zero-order chi connectivity index (χ0) is 16.9. The predicted octanol–water partition coefficient (Wildman–Crippen LogP) is 4.25. The lowest BCUT2D eigenvalue weighted by Crippen LogP contribution is -2.30. The summed E-state index contributed by atoms with van der Waals surface area (Å²) in [5, 5.41) is 4.90. The van der Waals surface area contributed by atoms with Crippen molar-refractivity contribution < 1.29 is 14.3 Å². The second-order valence-electron chi connectivity index (χ2n) is 5.43. The maximum atomic E-state index is 12.4. The SMILES string of the molecule is COc1ccccc1NC(=O)[C@H](C)Oc1cccc2ccccc12. The summed E-state index contributed by atoms with van der Waals surface area (Å²) in [5.41, 5.74) is 0.623. The lowest BCUT2D eigenvalue weighted by Gasteiger charge is -2.17. The number of rotatable bonds is 5. The molecule has 4 heteroatoms. The topological polar surface area (TPSA) is 47.6 Å². The first-order valence-corrected chi connectivity index (χ1v) is 7.77. The van der Waals surface area contributed by atoms with Crippen molar-refractivity contribution in [3.05, 3.63) is 66.7 Å². The zero-order valence-electron chi connectivity index (χ0n) is 13.7. The quantitative estimate of drug-likeness (QED) is 0.764. The van der Waals surface area contributed by atoms with Gasteiger partial charge >= 0.3 is 0 Å². The van der Waals surface area contributed by atoms with E-state index in [1.807, 2.05) is 54.6 Å². The van der Waals surface area contributed by atoms with E-state index in [9.17, 15) is 4.79 Å². The summed E-state index contributed by atoms with van der Waals surface area (Å²) in [6.07, 6.45) is -0.638. The van der Waals surface area contributed by atoms with Gasteiger partial charge in [0.1, 0.15) is 11.5 Å². The van der Waals surface area contributed by atoms with Crippen LogP contribution in [-0.4, -0.2) is 19.1 Å². The van der Waals surface area contributed by atoms with Gasteiger partial charge in [-0.05, 0) is 30.5 Å². The monoisotopic (exact) mass is 321 g/mol. The molecule has 0 unspecified atom stereocenters. The van der Waals surface area contributed by atoms with Crippen LogP contribution in [0.5, 0.6) is 11.5 Å². The largest absolute Gasteiger partial charge is 0.495 e. The van der Waals surface area contributed by atoms with Gasteiger partial charge in [-0.3, -0.25) is 4.79 Å². The van der Waals surface area contributed by atoms with E-state index in [1.54, 1.807) is 26.2 Å². The highest BCUT2D eigenvalue weighted by Gasteiger charge is 2.17. The average Bonchev–Trinajstić information content (AvgIpc) is 2.62. The van der Waals surface area contributed by atoms with E-state index in [4.69, 9.17) is 9.47 Å². The van der Waals surface area contributed by atoms with Gasteiger partial charge in [-0.15, -0.1) is 0 Å². The van der Waals surface area contributed by atoms with E-state index in [0.717, 1.165) is 10.8 Å². The number of anilines is 1. The molecule has 3 aromatic carbocycles. The van der Waals surface area contributed by atoms with Gasteiger partial charge in [0.15, 0.2) is 6.10 Å². The molecule has 0 aliphatic heterocycles. The van der Waals surface area contributed by atoms with Crippen LogP contribution in [0.1, 0.15) is 6.92 Å². The Labute approximate surface area is 141 Å². The molecule has 0 saturated heterocycles. The second-order valence-corrected chi connectivity index (χ2v) is 5.43. The summed E-state index contributed by atoms with van der Waals surface area (Å²) in [5.74, 6) is 1.08. The molecule has 3 aromatic rings. The molecule has 0 fully saturated rings. The van der Waals surface area contributed by atoms with Gasteiger partial charge in [0.2, 0.25) is 0 Å². The van der Waals surface area contributed by atoms with E-state index in [-0.39, 0.29) is 5.91 Å². The molecule has 24 heavy (non-hydrogen) atoms. The van der Waals surface area contributed by atoms with Crippen molar-refractivity contribution in [2.45, 2.75) is 13.0 Å². The molecule has 0 radical (unpaired) electrons. The third kappa shape index (κ3) is 3.33. The van der Waals surface area contributed by atoms with E-state index in [2.05, 4.69) is 5.32 Å². The maximum absolute atomic E-state index is 12.4. The Morgan fingerprint density at radius 2 is 1.58 bits per heavy atom. The van der Waals surface area contributed by atoms with E-state index in [0.29, 0.717) is 17.2 Å². The molecule has 4 nitrogen and oxygen atoms in total. The lowest BCUT2D eigenvalue weighted by atomic mass is 10.1. The van der Waals surface area contributed by atoms with Crippen LogP contribution in [0.3, 0.4) is 0 Å². The van der Waals surface area contributed by atoms with Crippen LogP contribution in [0, 0.1) is 0 Å². The lowest BCUT2D eigenvalue weighted by molar-refractivity contribution is -0.122. The van der Waals surface area contributed by atoms with Crippen molar-refractivity contribution in [1.82, 2.24) is 0 Å². The van der Waals surface area contributed by atoms with Gasteiger partial charge in [0.25, 0.3) is 5.91 Å². The number of carbonyl (C=O) groups is 1. The fourth-order valence-electron chi connectivity index (χ4n) is 2.52. The van der Waals surface area contributed by atoms with Gasteiger partial charge in [-0.1, -0.05) is 48.5 Å². The minimum atomic E-state index is -0.638. The summed E-state index contributed by atoms with van der Waals surface area (Å²) in [6.45, 7) is 1.73. The minimum absolute atomic E-state index is 0.229. The number of nitrogens with one attached hydrogen (secondary N) is 1. The summed E-state index contributed by atoms with van der Waals surface area (Å²) < 4.78 is 11.1. The molecule has 0 spiro atoms. The number of ether oxygens (including phenoxy) is 2. The highest BCUT2D eigenvalue weighted by atomic mass is 16.5. The van der Waals surface area contributed by atoms with E-state index < -0.39 is 6.10 Å². The van der Waals surface area contributed by atoms with Crippen molar-refractivity contribution in [1.29, 1.82) is 0 Å². The number of fused-ring (bicyclic) bond motifs is 1. The smallest absolute Gasteiger partial charge is 0.265 e. The Balaban J connectivity index is 1.76. The third-order valence-electron chi connectivity index (χ3n) is 3.79. The van der Waals surface area contributed by atoms with Crippen molar-refractivity contribution in [2.24, 2.45) is 0 Å². The Bertz CT molecular complexity index is 855. The highest BCUT2D eigenvalue weighted by Crippen LogP contribution is 2.27. The molecule has 0 bridgehead atoms. The van der Waals surface area contributed by atoms with Gasteiger partial charge in [-0.2, -0.15) is 0 Å². The van der Waals surface area contributed by atoms with Crippen LogP contribution in [0.25, 0.3) is 10.8 Å². The zero-order valence-corrected chi connectivity index (χ0v) is 13.7. The molecule has 1 atom stereocenters. The van der Waals surface area contributed by atoms with Gasteiger partial charge in [0.05, 0.1) is 12.8 Å². The van der Waals surface area contributed by atoms with Crippen LogP contribution < -0.4 is 14.8 Å². The molecule has 3 rings (SSSR count). The molecule has 122 valence electrons. The fourth-order valence-corrected chi connectivity index (χ4v) is 2.52. The van der Waals surface area contributed by atoms with Gasteiger partial charge in [-0.25, -0.2) is 0 Å². The molecule has 1 N–H and O–H groups in total. The number of carbonyl (C=O) groups excluding carboxylic acids is 1.